The van der Waals surface area contributed by atoms with E-state index in [0.717, 1.165) is 60.0 Å². The first kappa shape index (κ1) is 26.5. The number of nitrogens with zero attached hydrogens (tertiary/aromatic N) is 1. The number of nitrogen functional groups attached to an aromatic ring is 1. The molecule has 0 saturated carbocycles. The van der Waals surface area contributed by atoms with Crippen LogP contribution in [0.1, 0.15) is 61.3 Å². The lowest BCUT2D eigenvalue weighted by Gasteiger charge is -2.36. The smallest absolute Gasteiger partial charge is 0.414 e. The fourth-order valence-electron chi connectivity index (χ4n) is 5.29. The predicted molar refractivity (Wildman–Crippen MR) is 141 cm³/mol. The van der Waals surface area contributed by atoms with Gasteiger partial charge in [-0.15, -0.1) is 0 Å². The molecule has 2 heterocycles. The van der Waals surface area contributed by atoms with Gasteiger partial charge in [-0.2, -0.15) is 0 Å². The van der Waals surface area contributed by atoms with Crippen LogP contribution in [0, 0.1) is 0 Å². The zero-order valence-electron chi connectivity index (χ0n) is 21.6. The van der Waals surface area contributed by atoms with E-state index >= 15 is 0 Å². The highest BCUT2D eigenvalue weighted by molar-refractivity contribution is 5.93. The second-order valence-electron chi connectivity index (χ2n) is 9.62. The van der Waals surface area contributed by atoms with Gasteiger partial charge in [-0.25, -0.2) is 4.79 Å². The fourth-order valence-corrected chi connectivity index (χ4v) is 5.29. The minimum Gasteiger partial charge on any atom is -0.469 e. The van der Waals surface area contributed by atoms with E-state index in [2.05, 4.69) is 5.32 Å². The number of nitrogens with two attached hydrogens (primary N) is 1. The van der Waals surface area contributed by atoms with Crippen LogP contribution in [0.4, 0.5) is 21.9 Å². The normalized spacial score (nSPS) is 21.9. The van der Waals surface area contributed by atoms with E-state index in [9.17, 15) is 14.4 Å². The summed E-state index contributed by atoms with van der Waals surface area (Å²) in [5.41, 5.74) is 11.6. The van der Waals surface area contributed by atoms with Crippen molar-refractivity contribution in [3.8, 4) is 0 Å². The lowest BCUT2D eigenvalue weighted by Crippen LogP contribution is -2.42. The Morgan fingerprint density at radius 2 is 1.92 bits per heavy atom. The van der Waals surface area contributed by atoms with Crippen LogP contribution in [0.3, 0.4) is 0 Å². The zero-order valence-corrected chi connectivity index (χ0v) is 21.6. The minimum atomic E-state index is -0.608. The average Bonchev–Trinajstić information content (AvgIpc) is 2.92. The van der Waals surface area contributed by atoms with Gasteiger partial charge in [0.2, 0.25) is 0 Å². The zero-order chi connectivity index (χ0) is 26.5. The fraction of sp³-hybridized carbons (Fsp3) is 0.464. The van der Waals surface area contributed by atoms with Gasteiger partial charge in [0.25, 0.3) is 0 Å². The number of ether oxygens (including phenoxy) is 3. The van der Waals surface area contributed by atoms with Gasteiger partial charge in [-0.3, -0.25) is 9.69 Å². The Hall–Kier alpha value is -3.59. The number of esters is 1. The maximum absolute atomic E-state index is 12.4. The molecule has 3 unspecified atom stereocenters. The van der Waals surface area contributed by atoms with Gasteiger partial charge in [-0.05, 0) is 55.9 Å². The molecule has 0 aliphatic carbocycles. The molecular weight excluding hydrogens is 474 g/mol. The molecule has 0 aromatic heterocycles. The molecule has 2 aromatic carbocycles. The molecule has 4 atom stereocenters. The number of methoxy groups -OCH3 is 2. The summed E-state index contributed by atoms with van der Waals surface area (Å²) in [6.45, 7) is 2.60. The third-order valence-electron chi connectivity index (χ3n) is 7.39. The molecule has 0 bridgehead atoms. The highest BCUT2D eigenvalue weighted by Crippen LogP contribution is 2.40. The molecule has 2 aromatic rings. The third kappa shape index (κ3) is 5.56. The van der Waals surface area contributed by atoms with Crippen LogP contribution < -0.4 is 16.0 Å². The summed E-state index contributed by atoms with van der Waals surface area (Å²) in [5.74, 6) is -1.03. The first-order valence-corrected chi connectivity index (χ1v) is 12.7. The number of rotatable bonds is 7. The standard InChI is InChI=1S/C28H35N3O6/c1-17-4-9-22-24(31(17)28(34)36-3)11-10-23(26(22)29)30-20-13-15-37-25(16-20)19-7-5-18(6-8-19)21(12-14-32)27(33)35-2/h5-8,10-11,14,17,20-21,25,30H,4,9,12-13,15-16,29H2,1-3H3/t17-,20?,21?,25?/m0/s1. The Bertz CT molecular complexity index is 1140. The number of benzene rings is 2. The van der Waals surface area contributed by atoms with Crippen molar-refractivity contribution in [1.29, 1.82) is 0 Å². The van der Waals surface area contributed by atoms with E-state index in [-0.39, 0.29) is 30.7 Å². The van der Waals surface area contributed by atoms with E-state index in [1.54, 1.807) is 4.90 Å². The van der Waals surface area contributed by atoms with E-state index in [0.29, 0.717) is 12.3 Å². The van der Waals surface area contributed by atoms with Crippen molar-refractivity contribution < 1.29 is 28.6 Å². The SMILES string of the molecule is COC(=O)C(CC=O)c1ccc(C2CC(Nc3ccc4c(c3N)CC[C@H](C)N4C(=O)OC)CCO2)cc1. The molecule has 4 rings (SSSR count). The number of hydrogen-bond donors (Lipinski definition) is 2. The van der Waals surface area contributed by atoms with Crippen molar-refractivity contribution in [2.45, 2.75) is 63.1 Å². The van der Waals surface area contributed by atoms with Crippen LogP contribution in [-0.2, 0) is 30.2 Å². The highest BCUT2D eigenvalue weighted by atomic mass is 16.5. The number of carbonyl (C=O) groups is 3. The van der Waals surface area contributed by atoms with Gasteiger partial charge in [0, 0.05) is 30.7 Å². The van der Waals surface area contributed by atoms with Crippen LogP contribution in [0.2, 0.25) is 0 Å². The molecule has 2 aliphatic heterocycles. The van der Waals surface area contributed by atoms with Crippen LogP contribution in [0.5, 0.6) is 0 Å². The number of fused-ring (bicyclic) bond motifs is 1. The van der Waals surface area contributed by atoms with Gasteiger partial charge in [0.05, 0.1) is 43.3 Å². The number of carbonyl (C=O) groups excluding carboxylic acids is 3. The molecule has 0 radical (unpaired) electrons. The first-order valence-electron chi connectivity index (χ1n) is 12.7. The second kappa shape index (κ2) is 11.6. The minimum absolute atomic E-state index is 0.0436. The number of amides is 1. The van der Waals surface area contributed by atoms with Gasteiger partial charge >= 0.3 is 12.1 Å². The van der Waals surface area contributed by atoms with Gasteiger partial charge in [0.1, 0.15) is 6.29 Å². The third-order valence-corrected chi connectivity index (χ3v) is 7.39. The van der Waals surface area contributed by atoms with E-state index in [1.807, 2.05) is 43.3 Å². The maximum atomic E-state index is 12.4. The molecule has 0 spiro atoms. The van der Waals surface area contributed by atoms with Crippen molar-refractivity contribution in [2.24, 2.45) is 0 Å². The molecule has 2 aliphatic rings. The highest BCUT2D eigenvalue weighted by Gasteiger charge is 2.32. The molecule has 1 fully saturated rings. The molecule has 1 amide bonds. The molecule has 198 valence electrons. The van der Waals surface area contributed by atoms with Crippen molar-refractivity contribution >= 4 is 35.4 Å². The van der Waals surface area contributed by atoms with Gasteiger partial charge < -0.3 is 30.1 Å². The predicted octanol–water partition coefficient (Wildman–Crippen LogP) is 4.35. The van der Waals surface area contributed by atoms with Gasteiger partial charge in [0.15, 0.2) is 0 Å². The molecule has 9 heteroatoms. The summed E-state index contributed by atoms with van der Waals surface area (Å²) in [5, 5.41) is 3.60. The number of hydrogen-bond acceptors (Lipinski definition) is 8. The number of aldehydes is 1. The molecule has 9 nitrogen and oxygen atoms in total. The summed E-state index contributed by atoms with van der Waals surface area (Å²) in [4.78, 5) is 37.1. The Morgan fingerprint density at radius 1 is 1.16 bits per heavy atom. The molecule has 3 N–H and O–H groups in total. The Balaban J connectivity index is 1.47. The summed E-state index contributed by atoms with van der Waals surface area (Å²) < 4.78 is 15.9. The van der Waals surface area contributed by atoms with Gasteiger partial charge in [-0.1, -0.05) is 24.3 Å². The lowest BCUT2D eigenvalue weighted by molar-refractivity contribution is -0.143. The van der Waals surface area contributed by atoms with Crippen molar-refractivity contribution in [1.82, 2.24) is 0 Å². The monoisotopic (exact) mass is 509 g/mol. The number of nitrogens with one attached hydrogen (secondary N) is 1. The lowest BCUT2D eigenvalue weighted by atomic mass is 9.92. The summed E-state index contributed by atoms with van der Waals surface area (Å²) >= 11 is 0. The van der Waals surface area contributed by atoms with Crippen molar-refractivity contribution in [3.05, 3.63) is 53.1 Å². The van der Waals surface area contributed by atoms with Crippen molar-refractivity contribution in [2.75, 3.05) is 36.8 Å². The first-order chi connectivity index (χ1) is 17.9. The van der Waals surface area contributed by atoms with Crippen LogP contribution in [0.25, 0.3) is 0 Å². The number of anilines is 3. The molecular formula is C28H35N3O6. The quantitative estimate of drug-likeness (QED) is 0.321. The van der Waals surface area contributed by atoms with E-state index < -0.39 is 11.9 Å². The largest absolute Gasteiger partial charge is 0.469 e. The topological polar surface area (TPSA) is 120 Å². The summed E-state index contributed by atoms with van der Waals surface area (Å²) in [6.07, 6.45) is 3.51. The Labute approximate surface area is 217 Å². The Morgan fingerprint density at radius 3 is 2.59 bits per heavy atom. The Kier molecular flexibility index (Phi) is 8.33. The van der Waals surface area contributed by atoms with Crippen molar-refractivity contribution in [3.63, 3.8) is 0 Å². The van der Waals surface area contributed by atoms with E-state index in [4.69, 9.17) is 19.9 Å². The summed E-state index contributed by atoms with van der Waals surface area (Å²) in [6, 6.07) is 11.7. The molecule has 1 saturated heterocycles. The average molecular weight is 510 g/mol. The molecule has 37 heavy (non-hydrogen) atoms. The van der Waals surface area contributed by atoms with E-state index in [1.165, 1.54) is 14.2 Å². The van der Waals surface area contributed by atoms with Crippen LogP contribution in [0.15, 0.2) is 36.4 Å². The second-order valence-corrected chi connectivity index (χ2v) is 9.62. The maximum Gasteiger partial charge on any atom is 0.414 e. The van der Waals surface area contributed by atoms with Crippen LogP contribution >= 0.6 is 0 Å². The summed E-state index contributed by atoms with van der Waals surface area (Å²) in [7, 11) is 2.71. The van der Waals surface area contributed by atoms with Crippen LogP contribution in [-0.4, -0.2) is 51.3 Å².